The number of halogens is 12. The molecule has 0 spiro atoms. The quantitative estimate of drug-likeness (QED) is 0.0172. The molecule has 0 amide bonds. The Balaban J connectivity index is 0.000000256. The predicted octanol–water partition coefficient (Wildman–Crippen LogP) is 6.32. The van der Waals surface area contributed by atoms with Crippen LogP contribution in [-0.4, -0.2) is 284 Å². The minimum Gasteiger partial charge on any atom is -0.480 e. The summed E-state index contributed by atoms with van der Waals surface area (Å²) in [6.45, 7) is 33.4. The van der Waals surface area contributed by atoms with Crippen molar-refractivity contribution in [2.75, 3.05) is 136 Å². The highest BCUT2D eigenvalue weighted by Crippen LogP contribution is 2.32. The number of rotatable bonds is 20. The van der Waals surface area contributed by atoms with Crippen LogP contribution in [-0.2, 0) is 78.3 Å². The summed E-state index contributed by atoms with van der Waals surface area (Å²) in [5.74, 6) is 16.8. The van der Waals surface area contributed by atoms with Crippen molar-refractivity contribution >= 4 is 145 Å². The lowest BCUT2D eigenvalue weighted by Crippen LogP contribution is -2.44. The predicted molar refractivity (Wildman–Crippen MR) is 493 cm³/mol. The molecule has 0 radical (unpaired) electrons. The molecular formula is C82H103F12N25O14S4. The Morgan fingerprint density at radius 1 is 0.394 bits per heavy atom. The van der Waals surface area contributed by atoms with E-state index in [9.17, 15) is 76.7 Å². The number of aromatic nitrogens is 16. The van der Waals surface area contributed by atoms with Crippen LogP contribution in [0.3, 0.4) is 0 Å². The Kier molecular flexibility index (Phi) is 43.4. The van der Waals surface area contributed by atoms with Crippen molar-refractivity contribution in [2.45, 2.75) is 150 Å². The minimum atomic E-state index is -5.08. The number of fused-ring (bicyclic) bond motifs is 4. The van der Waals surface area contributed by atoms with E-state index in [1.807, 2.05) is 55.5 Å². The van der Waals surface area contributed by atoms with Gasteiger partial charge in [0.1, 0.15) is 6.04 Å². The zero-order chi connectivity index (χ0) is 102. The highest BCUT2D eigenvalue weighted by Gasteiger charge is 2.41. The van der Waals surface area contributed by atoms with Gasteiger partial charge < -0.3 is 72.1 Å². The number of nitrogens with one attached hydrogen (secondary N) is 4. The van der Waals surface area contributed by atoms with Crippen LogP contribution in [0.4, 0.5) is 76.5 Å². The first-order valence-electron chi connectivity index (χ1n) is 41.5. The fourth-order valence-electron chi connectivity index (χ4n) is 12.0. The van der Waals surface area contributed by atoms with E-state index in [4.69, 9.17) is 80.3 Å². The molecule has 4 fully saturated rings. The van der Waals surface area contributed by atoms with Crippen LogP contribution in [0.1, 0.15) is 62.3 Å². The van der Waals surface area contributed by atoms with Crippen LogP contribution in [0.2, 0.25) is 0 Å². The van der Waals surface area contributed by atoms with Gasteiger partial charge in [-0.1, -0.05) is 124 Å². The van der Waals surface area contributed by atoms with Crippen molar-refractivity contribution in [3.63, 3.8) is 0 Å². The van der Waals surface area contributed by atoms with Gasteiger partial charge in [0.2, 0.25) is 23.8 Å². The third-order valence-corrected chi connectivity index (χ3v) is 24.5. The summed E-state index contributed by atoms with van der Waals surface area (Å²) in [6, 6.07) is 8.88. The van der Waals surface area contributed by atoms with E-state index in [-0.39, 0.29) is 28.0 Å². The van der Waals surface area contributed by atoms with Crippen molar-refractivity contribution in [2.24, 2.45) is 45.8 Å². The van der Waals surface area contributed by atoms with Gasteiger partial charge in [-0.15, -0.1) is 23.7 Å². The highest BCUT2D eigenvalue weighted by molar-refractivity contribution is 8.00. The Morgan fingerprint density at radius 2 is 0.635 bits per heavy atom. The molecule has 8 aromatic heterocycles. The fourth-order valence-corrected chi connectivity index (χ4v) is 15.7. The number of hydrogen-bond donors (Lipinski definition) is 10. The van der Waals surface area contributed by atoms with E-state index >= 15 is 0 Å². The number of piperazine rings is 4. The van der Waals surface area contributed by atoms with Gasteiger partial charge in [-0.3, -0.25) is 60.5 Å². The van der Waals surface area contributed by atoms with Crippen LogP contribution >= 0.6 is 47.0 Å². The highest BCUT2D eigenvalue weighted by atomic mass is 32.2. The van der Waals surface area contributed by atoms with E-state index < -0.39 is 60.6 Å². The molecule has 1 unspecified atom stereocenters. The number of hydrogen-bond acceptors (Lipinski definition) is 30. The smallest absolute Gasteiger partial charge is 0.480 e. The monoisotopic (exact) mass is 2020 g/mol. The lowest BCUT2D eigenvalue weighted by atomic mass is 10.2. The van der Waals surface area contributed by atoms with E-state index in [2.05, 4.69) is 133 Å². The summed E-state index contributed by atoms with van der Waals surface area (Å²) in [6.07, 6.45) is -20.3. The molecule has 748 valence electrons. The maximum atomic E-state index is 13.2. The molecule has 13 rings (SSSR count). The fraction of sp³-hybridized carbons (Fsp3) is 0.524. The number of alkyl halides is 12. The largest absolute Gasteiger partial charge is 0.490 e. The van der Waals surface area contributed by atoms with Crippen molar-refractivity contribution in [3.05, 3.63) is 71.7 Å². The zero-order valence-corrected chi connectivity index (χ0v) is 79.6. The number of nitrogens with two attached hydrogens (primary N) is 1. The van der Waals surface area contributed by atoms with Crippen molar-refractivity contribution in [1.82, 2.24) is 97.7 Å². The van der Waals surface area contributed by atoms with Gasteiger partial charge in [-0.25, -0.2) is 39.1 Å². The lowest BCUT2D eigenvalue weighted by Gasteiger charge is -2.28. The summed E-state index contributed by atoms with van der Waals surface area (Å²) in [7, 11) is 6.94. The van der Waals surface area contributed by atoms with Gasteiger partial charge in [0.15, 0.2) is 65.3 Å². The number of anilines is 4. The van der Waals surface area contributed by atoms with E-state index in [0.717, 1.165) is 145 Å². The summed E-state index contributed by atoms with van der Waals surface area (Å²) in [4.78, 5) is 146. The average molecular weight is 2020 g/mol. The summed E-state index contributed by atoms with van der Waals surface area (Å²) < 4.78 is 141. The molecule has 137 heavy (non-hydrogen) atoms. The third-order valence-electron chi connectivity index (χ3n) is 19.4. The summed E-state index contributed by atoms with van der Waals surface area (Å²) in [5, 5.41) is 53.6. The van der Waals surface area contributed by atoms with Crippen LogP contribution in [0.5, 0.6) is 0 Å². The molecule has 11 N–H and O–H groups in total. The number of imidazole rings is 4. The standard InChI is InChI=1S/C20H22N6OS.C19H28N6OS.C18H26N6OS.C17H23N7O3S.4C2HF3O2/c1-3-4-12-26-16-17(22-19(26)25-13-10-21-11-14-25)23-20(24(2)18(16)27)28-15-8-6-5-7-9-15;1-6-7-10-25-15-16(21-18(25)24-11-8-20-9-12-24)22-19(23(5)17(15)26)27-14(4)13(2)3;1-5-6-9-24-14-15(20-17(24)23-10-7-19-8-11-23)21-18(22(4)16(14)25)26-12-13(2)3;1-3-4-7-24-12-13(20-16(24)23-8-5-19-6-9-23)21-17(22(2)14(12)25)28-10-11(18)15(26)27;4*3-2(4,5)1(6)7/h5-9,21H,10-14H2,1-2H3;13-14,20H,8-12H2,1-5H3;13,19H,7-12H2,1-4H3;11,19H,5-10,18H2,1-2H3,(H,26,27);4*(H,6,7)/t;;;11-;;;;/m...0..../s1. The number of benzene rings is 1. The molecule has 1 aromatic carbocycles. The van der Waals surface area contributed by atoms with Gasteiger partial charge in [-0.2, -0.15) is 72.6 Å². The Hall–Kier alpha value is -12.2. The van der Waals surface area contributed by atoms with Gasteiger partial charge in [-0.05, 0) is 51.7 Å². The Morgan fingerprint density at radius 3 is 0.876 bits per heavy atom. The molecule has 0 saturated carbocycles. The SMILES string of the molecule is CC#CCn1c(N2CCNCC2)nc2nc(SC(C)C(C)C)n(C)c(=O)c21.CC#CCn1c(N2CCNCC2)nc2nc(SCC(C)C)n(C)c(=O)c21.CC#CCn1c(N2CCNCC2)nc2nc(SC[C@H](N)C(=O)O)n(C)c(=O)c21.CC#CCn1c(N2CCNCC2)nc2nc(Sc3ccccc3)n(C)c(=O)c21.O=C(O)C(F)(F)F.O=C(O)C(F)(F)F.O=C(O)C(F)(F)F.O=C(O)C(F)(F)F. The Labute approximate surface area is 791 Å². The van der Waals surface area contributed by atoms with Crippen molar-refractivity contribution < 1.29 is 102 Å². The van der Waals surface area contributed by atoms with E-state index in [0.29, 0.717) is 114 Å². The molecule has 0 bridgehead atoms. The molecule has 0 aliphatic carbocycles. The first-order valence-corrected chi connectivity index (χ1v) is 45.2. The molecule has 55 heteroatoms. The Bertz CT molecular complexity index is 6110. The average Bonchev–Trinajstić information content (AvgIpc) is 1.63. The maximum absolute atomic E-state index is 13.2. The van der Waals surface area contributed by atoms with Crippen molar-refractivity contribution in [3.8, 4) is 47.4 Å². The number of carboxylic acid groups (broad SMARTS) is 5. The topological polar surface area (TPSA) is 484 Å². The first-order chi connectivity index (χ1) is 64.4. The van der Waals surface area contributed by atoms with Gasteiger partial charge in [0.05, 0.1) is 26.2 Å². The second-order valence-electron chi connectivity index (χ2n) is 30.0. The van der Waals surface area contributed by atoms with E-state index in [1.54, 1.807) is 86.2 Å². The number of carbonyl (C=O) groups is 5. The second kappa shape index (κ2) is 52.4. The number of carboxylic acids is 5. The molecule has 2 atom stereocenters. The molecule has 9 aromatic rings. The van der Waals surface area contributed by atoms with Crippen LogP contribution in [0.15, 0.2) is 75.0 Å². The molecule has 4 aliphatic heterocycles. The number of nitrogens with zero attached hydrogens (tertiary/aromatic N) is 20. The molecular weight excluding hydrogens is 1920 g/mol. The summed E-state index contributed by atoms with van der Waals surface area (Å²) >= 11 is 5.82. The minimum absolute atomic E-state index is 0.0620. The van der Waals surface area contributed by atoms with Crippen LogP contribution in [0, 0.1) is 59.2 Å². The summed E-state index contributed by atoms with van der Waals surface area (Å²) in [5.41, 5.74) is 8.92. The second-order valence-corrected chi connectivity index (χ2v) is 34.4. The zero-order valence-electron chi connectivity index (χ0n) is 76.4. The molecule has 4 saturated heterocycles. The first kappa shape index (κ1) is 113. The molecule has 4 aliphatic rings. The normalized spacial score (nSPS) is 14.2. The van der Waals surface area contributed by atoms with Gasteiger partial charge >= 0.3 is 54.6 Å². The van der Waals surface area contributed by atoms with Crippen LogP contribution in [0.25, 0.3) is 44.7 Å². The molecule has 39 nitrogen and oxygen atoms in total. The molecule has 12 heterocycles. The maximum Gasteiger partial charge on any atom is 0.490 e. The van der Waals surface area contributed by atoms with Crippen molar-refractivity contribution in [1.29, 1.82) is 0 Å². The lowest BCUT2D eigenvalue weighted by molar-refractivity contribution is -0.193. The van der Waals surface area contributed by atoms with Gasteiger partial charge in [0.25, 0.3) is 22.2 Å². The van der Waals surface area contributed by atoms with Crippen LogP contribution < -0.4 is 68.8 Å². The van der Waals surface area contributed by atoms with Gasteiger partial charge in [0, 0.05) is 155 Å². The van der Waals surface area contributed by atoms with E-state index in [1.165, 1.54) is 16.3 Å². The number of aliphatic carboxylic acids is 5. The third kappa shape index (κ3) is 32.5. The number of thioether (sulfide) groups is 3.